The number of benzene rings is 3. The van der Waals surface area contributed by atoms with Crippen LogP contribution in [0.1, 0.15) is 11.6 Å². The van der Waals surface area contributed by atoms with Gasteiger partial charge in [-0.25, -0.2) is 0 Å². The highest BCUT2D eigenvalue weighted by Gasteiger charge is 2.32. The van der Waals surface area contributed by atoms with E-state index in [0.29, 0.717) is 10.8 Å². The largest absolute Gasteiger partial charge is 0.302 e. The number of carbonyl (C=O) groups is 1. The first kappa shape index (κ1) is 18.5. The van der Waals surface area contributed by atoms with Gasteiger partial charge in [0, 0.05) is 20.6 Å². The average molecular weight is 412 g/mol. The van der Waals surface area contributed by atoms with Crippen LogP contribution >= 0.6 is 35.1 Å². The van der Waals surface area contributed by atoms with E-state index in [0.717, 1.165) is 21.2 Å². The predicted octanol–water partition coefficient (Wildman–Crippen LogP) is 6.31. The van der Waals surface area contributed by atoms with Crippen LogP contribution in [0.4, 0.5) is 5.69 Å². The molecule has 0 saturated heterocycles. The fourth-order valence-electron chi connectivity index (χ4n) is 3.16. The number of halogens is 1. The van der Waals surface area contributed by atoms with Gasteiger partial charge in [0.25, 0.3) is 0 Å². The third kappa shape index (κ3) is 4.18. The number of thioether (sulfide) groups is 2. The molecule has 1 aliphatic rings. The molecule has 1 amide bonds. The average Bonchev–Trinajstić information content (AvgIpc) is 2.73. The maximum atomic E-state index is 13.3. The lowest BCUT2D eigenvalue weighted by atomic mass is 10.1. The van der Waals surface area contributed by atoms with Crippen LogP contribution < -0.4 is 4.90 Å². The van der Waals surface area contributed by atoms with E-state index >= 15 is 0 Å². The van der Waals surface area contributed by atoms with Crippen molar-refractivity contribution in [3.8, 4) is 0 Å². The Hall–Kier alpha value is -1.88. The quantitative estimate of drug-likeness (QED) is 0.469. The summed E-state index contributed by atoms with van der Waals surface area (Å²) < 4.78 is 0. The number of amides is 1. The molecule has 1 heterocycles. The molecule has 27 heavy (non-hydrogen) atoms. The zero-order valence-electron chi connectivity index (χ0n) is 14.5. The molecule has 3 aromatic rings. The van der Waals surface area contributed by atoms with E-state index in [9.17, 15) is 4.79 Å². The number of rotatable bonds is 4. The molecule has 0 bridgehead atoms. The molecule has 136 valence electrons. The fraction of sp³-hybridized carbons (Fsp3) is 0.136. The second-order valence-electron chi connectivity index (χ2n) is 6.21. The van der Waals surface area contributed by atoms with Crippen molar-refractivity contribution in [2.24, 2.45) is 0 Å². The zero-order chi connectivity index (χ0) is 18.6. The number of anilines is 1. The molecule has 0 spiro atoms. The number of carbonyl (C=O) groups excluding carboxylic acids is 1. The van der Waals surface area contributed by atoms with Gasteiger partial charge in [0.15, 0.2) is 0 Å². The first-order chi connectivity index (χ1) is 13.2. The van der Waals surface area contributed by atoms with E-state index < -0.39 is 0 Å². The van der Waals surface area contributed by atoms with Crippen molar-refractivity contribution in [3.05, 3.63) is 89.4 Å². The lowest BCUT2D eigenvalue weighted by Gasteiger charge is -2.37. The summed E-state index contributed by atoms with van der Waals surface area (Å²) in [5.74, 6) is 1.37. The van der Waals surface area contributed by atoms with Crippen molar-refractivity contribution in [2.75, 3.05) is 16.4 Å². The van der Waals surface area contributed by atoms with Gasteiger partial charge in [0.2, 0.25) is 5.91 Å². The van der Waals surface area contributed by atoms with Crippen LogP contribution in [0, 0.1) is 0 Å². The smallest absolute Gasteiger partial charge is 0.237 e. The predicted molar refractivity (Wildman–Crippen MR) is 116 cm³/mol. The SMILES string of the molecule is O=C(CSc1ccc(Cl)cc1)N1c2ccccc2SC[C@H]1c1ccccc1. The van der Waals surface area contributed by atoms with Crippen LogP contribution in [0.15, 0.2) is 88.7 Å². The molecule has 5 heteroatoms. The number of para-hydroxylation sites is 1. The summed E-state index contributed by atoms with van der Waals surface area (Å²) in [6, 6.07) is 26.1. The van der Waals surface area contributed by atoms with Crippen LogP contribution in [-0.4, -0.2) is 17.4 Å². The Balaban J connectivity index is 1.61. The van der Waals surface area contributed by atoms with Gasteiger partial charge in [-0.05, 0) is 42.0 Å². The summed E-state index contributed by atoms with van der Waals surface area (Å²) in [4.78, 5) is 17.4. The van der Waals surface area contributed by atoms with Crippen molar-refractivity contribution in [3.63, 3.8) is 0 Å². The van der Waals surface area contributed by atoms with Crippen molar-refractivity contribution < 1.29 is 4.79 Å². The Kier molecular flexibility index (Phi) is 5.77. The second kappa shape index (κ2) is 8.42. The normalized spacial score (nSPS) is 16.0. The molecule has 2 nitrogen and oxygen atoms in total. The highest BCUT2D eigenvalue weighted by atomic mass is 35.5. The standard InChI is InChI=1S/C22H18ClNOS2/c23-17-10-12-18(13-11-17)26-15-22(25)24-19-8-4-5-9-21(19)27-14-20(24)16-6-2-1-3-7-16/h1-13,20H,14-15H2/t20-/m0/s1. The Morgan fingerprint density at radius 3 is 2.48 bits per heavy atom. The monoisotopic (exact) mass is 411 g/mol. The third-order valence-corrected chi connectivity index (χ3v) is 6.85. The van der Waals surface area contributed by atoms with E-state index in [1.165, 1.54) is 5.56 Å². The lowest BCUT2D eigenvalue weighted by Crippen LogP contribution is -2.39. The number of fused-ring (bicyclic) bond motifs is 1. The fourth-order valence-corrected chi connectivity index (χ4v) is 5.22. The van der Waals surface area contributed by atoms with Crippen LogP contribution in [0.2, 0.25) is 5.02 Å². The highest BCUT2D eigenvalue weighted by Crippen LogP contribution is 2.43. The van der Waals surface area contributed by atoms with Gasteiger partial charge in [-0.3, -0.25) is 4.79 Å². The Morgan fingerprint density at radius 1 is 1.00 bits per heavy atom. The minimum Gasteiger partial charge on any atom is -0.302 e. The van der Waals surface area contributed by atoms with E-state index in [4.69, 9.17) is 11.6 Å². The van der Waals surface area contributed by atoms with Gasteiger partial charge in [-0.2, -0.15) is 0 Å². The maximum absolute atomic E-state index is 13.3. The Labute approximate surface area is 172 Å². The Morgan fingerprint density at radius 2 is 1.70 bits per heavy atom. The van der Waals surface area contributed by atoms with Gasteiger partial charge in [-0.15, -0.1) is 23.5 Å². The molecule has 0 unspecified atom stereocenters. The van der Waals surface area contributed by atoms with Gasteiger partial charge >= 0.3 is 0 Å². The molecule has 0 radical (unpaired) electrons. The summed E-state index contributed by atoms with van der Waals surface area (Å²) in [7, 11) is 0. The molecular formula is C22H18ClNOS2. The van der Waals surface area contributed by atoms with Gasteiger partial charge in [0.05, 0.1) is 17.5 Å². The number of nitrogens with zero attached hydrogens (tertiary/aromatic N) is 1. The van der Waals surface area contributed by atoms with Gasteiger partial charge in [-0.1, -0.05) is 54.1 Å². The van der Waals surface area contributed by atoms with E-state index in [-0.39, 0.29) is 11.9 Å². The van der Waals surface area contributed by atoms with Crippen molar-refractivity contribution in [1.82, 2.24) is 0 Å². The summed E-state index contributed by atoms with van der Waals surface area (Å²) in [5, 5.41) is 0.705. The van der Waals surface area contributed by atoms with Gasteiger partial charge in [0.1, 0.15) is 0 Å². The molecule has 1 atom stereocenters. The zero-order valence-corrected chi connectivity index (χ0v) is 16.9. The first-order valence-corrected chi connectivity index (χ1v) is 11.0. The summed E-state index contributed by atoms with van der Waals surface area (Å²) in [5.41, 5.74) is 2.17. The van der Waals surface area contributed by atoms with Crippen LogP contribution in [0.5, 0.6) is 0 Å². The third-order valence-electron chi connectivity index (χ3n) is 4.46. The summed E-state index contributed by atoms with van der Waals surface area (Å²) >= 11 is 9.31. The maximum Gasteiger partial charge on any atom is 0.237 e. The molecular weight excluding hydrogens is 394 g/mol. The lowest BCUT2D eigenvalue weighted by molar-refractivity contribution is -0.116. The molecule has 0 fully saturated rings. The molecule has 0 saturated carbocycles. The first-order valence-electron chi connectivity index (χ1n) is 8.69. The minimum atomic E-state index is 0.0458. The number of hydrogen-bond acceptors (Lipinski definition) is 3. The molecule has 3 aromatic carbocycles. The van der Waals surface area contributed by atoms with Crippen molar-refractivity contribution in [2.45, 2.75) is 15.8 Å². The topological polar surface area (TPSA) is 20.3 Å². The molecule has 0 aromatic heterocycles. The van der Waals surface area contributed by atoms with E-state index in [1.807, 2.05) is 77.3 Å². The van der Waals surface area contributed by atoms with Crippen molar-refractivity contribution in [1.29, 1.82) is 0 Å². The molecule has 4 rings (SSSR count). The Bertz CT molecular complexity index is 931. The highest BCUT2D eigenvalue weighted by molar-refractivity contribution is 8.00. The number of hydrogen-bond donors (Lipinski definition) is 0. The minimum absolute atomic E-state index is 0.0458. The van der Waals surface area contributed by atoms with E-state index in [2.05, 4.69) is 18.2 Å². The van der Waals surface area contributed by atoms with E-state index in [1.54, 1.807) is 11.8 Å². The molecule has 0 N–H and O–H groups in total. The van der Waals surface area contributed by atoms with Crippen molar-refractivity contribution >= 4 is 46.7 Å². The summed E-state index contributed by atoms with van der Waals surface area (Å²) in [6.45, 7) is 0. The van der Waals surface area contributed by atoms with Crippen LogP contribution in [-0.2, 0) is 4.79 Å². The second-order valence-corrected chi connectivity index (χ2v) is 8.76. The summed E-state index contributed by atoms with van der Waals surface area (Å²) in [6.07, 6.45) is 0. The van der Waals surface area contributed by atoms with Crippen LogP contribution in [0.3, 0.4) is 0 Å². The molecule has 1 aliphatic heterocycles. The van der Waals surface area contributed by atoms with Gasteiger partial charge < -0.3 is 4.90 Å². The van der Waals surface area contributed by atoms with Crippen LogP contribution in [0.25, 0.3) is 0 Å². The molecule has 0 aliphatic carbocycles.